The van der Waals surface area contributed by atoms with E-state index in [-0.39, 0.29) is 25.0 Å². The van der Waals surface area contributed by atoms with Crippen LogP contribution in [-0.4, -0.2) is 29.7 Å². The van der Waals surface area contributed by atoms with Crippen LogP contribution < -0.4 is 10.6 Å². The molecule has 0 saturated carbocycles. The lowest BCUT2D eigenvalue weighted by Crippen LogP contribution is -2.43. The molecule has 0 spiro atoms. The average Bonchev–Trinajstić information content (AvgIpc) is 2.70. The van der Waals surface area contributed by atoms with E-state index in [4.69, 9.17) is 5.11 Å². The molecule has 0 saturated heterocycles. The van der Waals surface area contributed by atoms with Crippen molar-refractivity contribution in [1.29, 1.82) is 0 Å². The second-order valence-electron chi connectivity index (χ2n) is 4.42. The van der Waals surface area contributed by atoms with Crippen molar-refractivity contribution in [3.63, 3.8) is 0 Å². The summed E-state index contributed by atoms with van der Waals surface area (Å²) in [6.45, 7) is 0.154. The number of carboxylic acids is 1. The van der Waals surface area contributed by atoms with Crippen LogP contribution in [0.5, 0.6) is 0 Å². The molecule has 0 fully saturated rings. The molecule has 3 N–H and O–H groups in total. The first kappa shape index (κ1) is 12.4. The molecule has 0 bridgehead atoms. The summed E-state index contributed by atoms with van der Waals surface area (Å²) in [7, 11) is 0. The number of carbonyl (C=O) groups excluding carboxylic acids is 1. The lowest BCUT2D eigenvalue weighted by Gasteiger charge is -2.12. The number of nitrogens with one attached hydrogen (secondary N) is 2. The van der Waals surface area contributed by atoms with Crippen LogP contribution >= 0.6 is 0 Å². The van der Waals surface area contributed by atoms with Crippen LogP contribution in [-0.2, 0) is 17.6 Å². The van der Waals surface area contributed by atoms with Crippen LogP contribution in [0.25, 0.3) is 0 Å². The summed E-state index contributed by atoms with van der Waals surface area (Å²) in [4.78, 5) is 21.8. The van der Waals surface area contributed by atoms with Gasteiger partial charge in [0.25, 0.3) is 0 Å². The fourth-order valence-electron chi connectivity index (χ4n) is 2.18. The zero-order valence-electron chi connectivity index (χ0n) is 9.98. The third kappa shape index (κ3) is 3.23. The Bertz CT molecular complexity index is 434. The lowest BCUT2D eigenvalue weighted by molar-refractivity contribution is -0.136. The predicted octanol–water partition coefficient (Wildman–Crippen LogP) is 0.928. The maximum Gasteiger partial charge on any atom is 0.315 e. The van der Waals surface area contributed by atoms with E-state index in [2.05, 4.69) is 22.8 Å². The van der Waals surface area contributed by atoms with E-state index >= 15 is 0 Å². The summed E-state index contributed by atoms with van der Waals surface area (Å²) in [5.74, 6) is -0.913. The van der Waals surface area contributed by atoms with Gasteiger partial charge in [-0.1, -0.05) is 24.3 Å². The fraction of sp³-hybridized carbons (Fsp3) is 0.385. The van der Waals surface area contributed by atoms with Gasteiger partial charge < -0.3 is 15.7 Å². The van der Waals surface area contributed by atoms with Crippen molar-refractivity contribution in [3.8, 4) is 0 Å². The molecular weight excluding hydrogens is 232 g/mol. The van der Waals surface area contributed by atoms with Crippen LogP contribution in [0.3, 0.4) is 0 Å². The van der Waals surface area contributed by atoms with Gasteiger partial charge >= 0.3 is 12.0 Å². The van der Waals surface area contributed by atoms with E-state index in [9.17, 15) is 9.59 Å². The first-order valence-corrected chi connectivity index (χ1v) is 5.98. The molecule has 0 aliphatic heterocycles. The van der Waals surface area contributed by atoms with Gasteiger partial charge in [0.05, 0.1) is 6.42 Å². The number of benzene rings is 1. The van der Waals surface area contributed by atoms with Gasteiger partial charge in [0.1, 0.15) is 0 Å². The van der Waals surface area contributed by atoms with Gasteiger partial charge in [-0.3, -0.25) is 4.79 Å². The van der Waals surface area contributed by atoms with E-state index in [1.165, 1.54) is 11.1 Å². The average molecular weight is 248 g/mol. The van der Waals surface area contributed by atoms with Crippen molar-refractivity contribution < 1.29 is 14.7 Å². The molecule has 96 valence electrons. The monoisotopic (exact) mass is 248 g/mol. The van der Waals surface area contributed by atoms with Gasteiger partial charge in [-0.05, 0) is 24.0 Å². The molecule has 2 rings (SSSR count). The molecule has 0 radical (unpaired) electrons. The maximum atomic E-state index is 11.5. The van der Waals surface area contributed by atoms with Crippen LogP contribution in [0.2, 0.25) is 0 Å². The highest BCUT2D eigenvalue weighted by Crippen LogP contribution is 2.21. The number of hydrogen-bond donors (Lipinski definition) is 3. The number of urea groups is 1. The van der Waals surface area contributed by atoms with Gasteiger partial charge in [0, 0.05) is 12.6 Å². The summed E-state index contributed by atoms with van der Waals surface area (Å²) in [5, 5.41) is 13.9. The highest BCUT2D eigenvalue weighted by atomic mass is 16.4. The Morgan fingerprint density at radius 2 is 1.83 bits per heavy atom. The number of carboxylic acid groups (broad SMARTS) is 1. The molecule has 18 heavy (non-hydrogen) atoms. The molecule has 0 heterocycles. The van der Waals surface area contributed by atoms with Crippen molar-refractivity contribution in [2.75, 3.05) is 6.54 Å². The largest absolute Gasteiger partial charge is 0.481 e. The van der Waals surface area contributed by atoms with Gasteiger partial charge in [-0.15, -0.1) is 0 Å². The standard InChI is InChI=1S/C13H16N2O3/c16-12(17)5-6-14-13(18)15-11-7-9-3-1-2-4-10(9)8-11/h1-4,11H,5-8H2,(H,16,17)(H2,14,15,18). The van der Waals surface area contributed by atoms with Crippen molar-refractivity contribution >= 4 is 12.0 Å². The van der Waals surface area contributed by atoms with Crippen molar-refractivity contribution in [2.45, 2.75) is 25.3 Å². The SMILES string of the molecule is O=C(O)CCNC(=O)NC1Cc2ccccc2C1. The number of rotatable bonds is 4. The summed E-state index contributed by atoms with van der Waals surface area (Å²) >= 11 is 0. The summed E-state index contributed by atoms with van der Waals surface area (Å²) < 4.78 is 0. The normalized spacial score (nSPS) is 14.0. The summed E-state index contributed by atoms with van der Waals surface area (Å²) in [6, 6.07) is 7.93. The van der Waals surface area contributed by atoms with Crippen LogP contribution in [0.15, 0.2) is 24.3 Å². The molecular formula is C13H16N2O3. The van der Waals surface area contributed by atoms with Crippen molar-refractivity contribution in [1.82, 2.24) is 10.6 Å². The van der Waals surface area contributed by atoms with Crippen LogP contribution in [0.1, 0.15) is 17.5 Å². The Hall–Kier alpha value is -2.04. The first-order valence-electron chi connectivity index (χ1n) is 5.98. The lowest BCUT2D eigenvalue weighted by atomic mass is 10.1. The minimum absolute atomic E-state index is 0.0572. The van der Waals surface area contributed by atoms with E-state index in [0.717, 1.165) is 12.8 Å². The molecule has 1 aromatic carbocycles. The molecule has 0 aromatic heterocycles. The summed E-state index contributed by atoms with van der Waals surface area (Å²) in [5.41, 5.74) is 2.54. The number of aliphatic carboxylic acids is 1. The zero-order valence-corrected chi connectivity index (χ0v) is 9.98. The minimum atomic E-state index is -0.913. The Morgan fingerprint density at radius 1 is 1.22 bits per heavy atom. The third-order valence-corrected chi connectivity index (χ3v) is 3.01. The molecule has 1 aliphatic rings. The van der Waals surface area contributed by atoms with E-state index in [1.807, 2.05) is 12.1 Å². The Morgan fingerprint density at radius 3 is 2.39 bits per heavy atom. The molecule has 5 heteroatoms. The third-order valence-electron chi connectivity index (χ3n) is 3.01. The number of hydrogen-bond acceptors (Lipinski definition) is 2. The van der Waals surface area contributed by atoms with Gasteiger partial charge in [0.2, 0.25) is 0 Å². The Balaban J connectivity index is 1.76. The second-order valence-corrected chi connectivity index (χ2v) is 4.42. The smallest absolute Gasteiger partial charge is 0.315 e. The number of carbonyl (C=O) groups is 2. The predicted molar refractivity (Wildman–Crippen MR) is 66.4 cm³/mol. The van der Waals surface area contributed by atoms with Crippen molar-refractivity contribution in [2.24, 2.45) is 0 Å². The van der Waals surface area contributed by atoms with Gasteiger partial charge in [-0.25, -0.2) is 4.79 Å². The molecule has 1 aliphatic carbocycles. The Kier molecular flexibility index (Phi) is 3.82. The van der Waals surface area contributed by atoms with Gasteiger partial charge in [-0.2, -0.15) is 0 Å². The first-order chi connectivity index (χ1) is 8.65. The van der Waals surface area contributed by atoms with Crippen LogP contribution in [0.4, 0.5) is 4.79 Å². The molecule has 2 amide bonds. The maximum absolute atomic E-state index is 11.5. The second kappa shape index (κ2) is 5.53. The number of fused-ring (bicyclic) bond motifs is 1. The van der Waals surface area contributed by atoms with E-state index in [1.54, 1.807) is 0 Å². The minimum Gasteiger partial charge on any atom is -0.481 e. The topological polar surface area (TPSA) is 78.4 Å². The van der Waals surface area contributed by atoms with Crippen LogP contribution in [0, 0.1) is 0 Å². The van der Waals surface area contributed by atoms with Gasteiger partial charge in [0.15, 0.2) is 0 Å². The molecule has 0 atom stereocenters. The molecule has 1 aromatic rings. The zero-order chi connectivity index (χ0) is 13.0. The number of amides is 2. The molecule has 5 nitrogen and oxygen atoms in total. The highest BCUT2D eigenvalue weighted by molar-refractivity contribution is 5.75. The van der Waals surface area contributed by atoms with Crippen molar-refractivity contribution in [3.05, 3.63) is 35.4 Å². The molecule has 0 unspecified atom stereocenters. The Labute approximate surface area is 105 Å². The fourth-order valence-corrected chi connectivity index (χ4v) is 2.18. The van der Waals surface area contributed by atoms with E-state index < -0.39 is 5.97 Å². The van der Waals surface area contributed by atoms with E-state index in [0.29, 0.717) is 0 Å². The highest BCUT2D eigenvalue weighted by Gasteiger charge is 2.22. The quantitative estimate of drug-likeness (QED) is 0.741. The summed E-state index contributed by atoms with van der Waals surface area (Å²) in [6.07, 6.45) is 1.61.